The fraction of sp³-hybridized carbons (Fsp3) is 0.240. The number of benzene rings is 3. The molecule has 3 aromatic carbocycles. The van der Waals surface area contributed by atoms with Gasteiger partial charge in [-0.1, -0.05) is 91.0 Å². The van der Waals surface area contributed by atoms with Crippen molar-refractivity contribution in [3.63, 3.8) is 0 Å². The van der Waals surface area contributed by atoms with Gasteiger partial charge in [0.15, 0.2) is 6.29 Å². The third-order valence-electron chi connectivity index (χ3n) is 5.64. The summed E-state index contributed by atoms with van der Waals surface area (Å²) in [7, 11) is 0. The van der Waals surface area contributed by atoms with Gasteiger partial charge in [0.1, 0.15) is 30.5 Å². The van der Waals surface area contributed by atoms with Crippen LogP contribution in [0.25, 0.3) is 0 Å². The lowest BCUT2D eigenvalue weighted by molar-refractivity contribution is -0.148. The molecule has 3 rings (SSSR count). The average molecular weight is 422 g/mol. The summed E-state index contributed by atoms with van der Waals surface area (Å²) in [4.78, 5) is 10.8. The summed E-state index contributed by atoms with van der Waals surface area (Å²) < 4.78 is 0. The van der Waals surface area contributed by atoms with Crippen LogP contribution in [0.15, 0.2) is 91.0 Å². The molecular formula is C25H26O6. The van der Waals surface area contributed by atoms with E-state index in [9.17, 15) is 30.3 Å². The van der Waals surface area contributed by atoms with Gasteiger partial charge >= 0.3 is 0 Å². The van der Waals surface area contributed by atoms with Crippen LogP contribution in [0, 0.1) is 0 Å². The van der Waals surface area contributed by atoms with Crippen LogP contribution in [-0.4, -0.2) is 62.3 Å². The summed E-state index contributed by atoms with van der Waals surface area (Å²) >= 11 is 0. The molecule has 0 saturated carbocycles. The molecule has 0 spiro atoms. The smallest absolute Gasteiger partial charge is 0.151 e. The Bertz CT molecular complexity index is 851. The summed E-state index contributed by atoms with van der Waals surface area (Å²) in [5.41, 5.74) is 0.625. The molecular weight excluding hydrogens is 396 g/mol. The van der Waals surface area contributed by atoms with Gasteiger partial charge in [0.05, 0.1) is 5.41 Å². The first-order chi connectivity index (χ1) is 14.9. The number of hydrogen-bond acceptors (Lipinski definition) is 6. The topological polar surface area (TPSA) is 118 Å². The number of carbonyl (C=O) groups is 1. The van der Waals surface area contributed by atoms with E-state index in [2.05, 4.69) is 0 Å². The molecule has 0 aliphatic rings. The summed E-state index contributed by atoms with van der Waals surface area (Å²) in [6.45, 7) is 0. The van der Waals surface area contributed by atoms with Crippen molar-refractivity contribution in [3.8, 4) is 0 Å². The van der Waals surface area contributed by atoms with Crippen LogP contribution >= 0.6 is 0 Å². The van der Waals surface area contributed by atoms with Crippen LogP contribution in [0.5, 0.6) is 0 Å². The van der Waals surface area contributed by atoms with Crippen LogP contribution in [0.3, 0.4) is 0 Å². The summed E-state index contributed by atoms with van der Waals surface area (Å²) in [6.07, 6.45) is -9.34. The van der Waals surface area contributed by atoms with Crippen molar-refractivity contribution in [2.24, 2.45) is 0 Å². The Hall–Kier alpha value is -2.87. The third kappa shape index (κ3) is 4.30. The molecule has 162 valence electrons. The van der Waals surface area contributed by atoms with E-state index in [-0.39, 0.29) is 6.29 Å². The van der Waals surface area contributed by atoms with E-state index in [0.29, 0.717) is 16.7 Å². The Morgan fingerprint density at radius 3 is 1.23 bits per heavy atom. The van der Waals surface area contributed by atoms with Crippen LogP contribution in [0.1, 0.15) is 16.7 Å². The Labute approximate surface area is 180 Å². The second kappa shape index (κ2) is 9.96. The second-order valence-electron chi connectivity index (χ2n) is 7.45. The molecule has 3 aromatic rings. The van der Waals surface area contributed by atoms with Gasteiger partial charge in [-0.2, -0.15) is 0 Å². The number of rotatable bonds is 9. The van der Waals surface area contributed by atoms with Crippen LogP contribution < -0.4 is 0 Å². The van der Waals surface area contributed by atoms with Gasteiger partial charge in [-0.05, 0) is 16.7 Å². The highest BCUT2D eigenvalue weighted by molar-refractivity contribution is 5.57. The van der Waals surface area contributed by atoms with Gasteiger partial charge in [-0.3, -0.25) is 0 Å². The summed E-state index contributed by atoms with van der Waals surface area (Å²) in [5.74, 6) is 0. The van der Waals surface area contributed by atoms with E-state index in [1.165, 1.54) is 0 Å². The van der Waals surface area contributed by atoms with Crippen LogP contribution in [0.4, 0.5) is 0 Å². The van der Waals surface area contributed by atoms with Crippen molar-refractivity contribution >= 4 is 6.29 Å². The first kappa shape index (κ1) is 22.8. The molecule has 0 bridgehead atoms. The number of carbonyl (C=O) groups excluding carboxylic acids is 1. The Morgan fingerprint density at radius 1 is 0.548 bits per heavy atom. The quantitative estimate of drug-likeness (QED) is 0.260. The standard InChI is InChI=1S/C25H26O6/c26-16-20(27)21(28)22(29)23(30)24(31)25(17-10-4-1-5-11-17,18-12-6-2-7-13-18)19-14-8-3-9-15-19/h1-16,20-24,27-31H/t20-,21+,22-,23-,24?/m0/s1. The van der Waals surface area contributed by atoms with Gasteiger partial charge in [0.25, 0.3) is 0 Å². The summed E-state index contributed by atoms with van der Waals surface area (Å²) in [5, 5.41) is 52.7. The molecule has 5 atom stereocenters. The monoisotopic (exact) mass is 422 g/mol. The molecule has 6 heteroatoms. The van der Waals surface area contributed by atoms with Crippen LogP contribution in [-0.2, 0) is 10.2 Å². The predicted molar refractivity (Wildman–Crippen MR) is 115 cm³/mol. The molecule has 0 amide bonds. The van der Waals surface area contributed by atoms with Crippen molar-refractivity contribution < 1.29 is 30.3 Å². The normalized spacial score (nSPS) is 16.7. The fourth-order valence-electron chi connectivity index (χ4n) is 4.04. The highest BCUT2D eigenvalue weighted by Gasteiger charge is 2.49. The Morgan fingerprint density at radius 2 is 0.903 bits per heavy atom. The molecule has 0 radical (unpaired) electrons. The summed E-state index contributed by atoms with van der Waals surface area (Å²) in [6, 6.07) is 27.1. The van der Waals surface area contributed by atoms with Gasteiger partial charge in [-0.25, -0.2) is 0 Å². The molecule has 0 aliphatic carbocycles. The predicted octanol–water partition coefficient (Wildman–Crippen LogP) is 1.02. The molecule has 1 unspecified atom stereocenters. The average Bonchev–Trinajstić information content (AvgIpc) is 2.84. The SMILES string of the molecule is O=C[C@H](O)[C@@H](O)[C@H](O)[C@H](O)C(O)C(c1ccccc1)(c1ccccc1)c1ccccc1. The molecule has 5 N–H and O–H groups in total. The van der Waals surface area contributed by atoms with E-state index in [1.807, 2.05) is 18.2 Å². The molecule has 0 aliphatic heterocycles. The Balaban J connectivity index is 2.24. The van der Waals surface area contributed by atoms with Gasteiger partial charge in [0, 0.05) is 0 Å². The lowest BCUT2D eigenvalue weighted by Crippen LogP contribution is -2.56. The van der Waals surface area contributed by atoms with Crippen molar-refractivity contribution in [1.82, 2.24) is 0 Å². The largest absolute Gasteiger partial charge is 0.389 e. The van der Waals surface area contributed by atoms with E-state index in [1.54, 1.807) is 72.8 Å². The maximum atomic E-state index is 11.6. The first-order valence-electron chi connectivity index (χ1n) is 9.96. The van der Waals surface area contributed by atoms with Gasteiger partial charge in [0.2, 0.25) is 0 Å². The first-order valence-corrected chi connectivity index (χ1v) is 9.96. The van der Waals surface area contributed by atoms with Crippen molar-refractivity contribution in [2.75, 3.05) is 0 Å². The van der Waals surface area contributed by atoms with Gasteiger partial charge < -0.3 is 30.3 Å². The van der Waals surface area contributed by atoms with E-state index in [4.69, 9.17) is 0 Å². The maximum absolute atomic E-state index is 11.6. The Kier molecular flexibility index (Phi) is 7.33. The molecule has 31 heavy (non-hydrogen) atoms. The van der Waals surface area contributed by atoms with Crippen molar-refractivity contribution in [3.05, 3.63) is 108 Å². The van der Waals surface area contributed by atoms with E-state index < -0.39 is 35.9 Å². The van der Waals surface area contributed by atoms with E-state index in [0.717, 1.165) is 0 Å². The zero-order chi connectivity index (χ0) is 22.4. The van der Waals surface area contributed by atoms with Crippen molar-refractivity contribution in [2.45, 2.75) is 35.9 Å². The van der Waals surface area contributed by atoms with E-state index >= 15 is 0 Å². The minimum atomic E-state index is -1.98. The van der Waals surface area contributed by atoms with Gasteiger partial charge in [-0.15, -0.1) is 0 Å². The number of aliphatic hydroxyl groups excluding tert-OH is 5. The van der Waals surface area contributed by atoms with Crippen LogP contribution in [0.2, 0.25) is 0 Å². The highest BCUT2D eigenvalue weighted by atomic mass is 16.4. The lowest BCUT2D eigenvalue weighted by Gasteiger charge is -2.43. The zero-order valence-electron chi connectivity index (χ0n) is 16.8. The minimum absolute atomic E-state index is 0.0613. The fourth-order valence-corrected chi connectivity index (χ4v) is 4.04. The maximum Gasteiger partial charge on any atom is 0.151 e. The molecule has 0 aromatic heterocycles. The number of aliphatic hydroxyl groups is 5. The number of aldehydes is 1. The third-order valence-corrected chi connectivity index (χ3v) is 5.64. The lowest BCUT2D eigenvalue weighted by atomic mass is 9.64. The zero-order valence-corrected chi connectivity index (χ0v) is 16.8. The molecule has 0 heterocycles. The molecule has 0 fully saturated rings. The number of hydrogen-bond donors (Lipinski definition) is 5. The molecule has 0 saturated heterocycles. The highest BCUT2D eigenvalue weighted by Crippen LogP contribution is 2.43. The molecule has 6 nitrogen and oxygen atoms in total. The van der Waals surface area contributed by atoms with Crippen molar-refractivity contribution in [1.29, 1.82) is 0 Å². The minimum Gasteiger partial charge on any atom is -0.389 e. The second-order valence-corrected chi connectivity index (χ2v) is 7.45.